The number of nitrogens with one attached hydrogen (secondary N) is 2. The number of benzene rings is 1. The number of rotatable bonds is 3. The van der Waals surface area contributed by atoms with Crippen molar-refractivity contribution in [3.05, 3.63) is 30.1 Å². The first-order valence-electron chi connectivity index (χ1n) is 8.24. The van der Waals surface area contributed by atoms with Crippen LogP contribution in [-0.4, -0.2) is 41.9 Å². The van der Waals surface area contributed by atoms with Crippen LogP contribution in [0.25, 0.3) is 0 Å². The Kier molecular flexibility index (Phi) is 4.91. The number of hydrogen-bond donors (Lipinski definition) is 2. The highest BCUT2D eigenvalue weighted by atomic mass is 19.1. The summed E-state index contributed by atoms with van der Waals surface area (Å²) in [4.78, 5) is 26.3. The lowest BCUT2D eigenvalue weighted by molar-refractivity contribution is -0.136. The molecule has 1 unspecified atom stereocenters. The van der Waals surface area contributed by atoms with E-state index in [0.29, 0.717) is 6.04 Å². The fourth-order valence-electron chi connectivity index (χ4n) is 3.50. The van der Waals surface area contributed by atoms with Gasteiger partial charge >= 0.3 is 11.8 Å². The van der Waals surface area contributed by atoms with Gasteiger partial charge in [0.1, 0.15) is 5.82 Å². The lowest BCUT2D eigenvalue weighted by Gasteiger charge is -2.23. The minimum atomic E-state index is -0.825. The van der Waals surface area contributed by atoms with E-state index in [-0.39, 0.29) is 11.7 Å². The molecule has 1 saturated carbocycles. The summed E-state index contributed by atoms with van der Waals surface area (Å²) in [6, 6.07) is 6.43. The second-order valence-electron chi connectivity index (χ2n) is 6.33. The Balaban J connectivity index is 1.49. The van der Waals surface area contributed by atoms with Crippen LogP contribution in [0.4, 0.5) is 10.1 Å². The van der Waals surface area contributed by atoms with Gasteiger partial charge in [-0.25, -0.2) is 4.39 Å². The number of halogens is 1. The Labute approximate surface area is 135 Å². The molecule has 0 radical (unpaired) electrons. The predicted octanol–water partition coefficient (Wildman–Crippen LogP) is 1.90. The summed E-state index contributed by atoms with van der Waals surface area (Å²) in [6.45, 7) is 1.76. The topological polar surface area (TPSA) is 61.4 Å². The number of amides is 2. The number of likely N-dealkylation sites (tertiary alicyclic amines) is 1. The van der Waals surface area contributed by atoms with Crippen molar-refractivity contribution >= 4 is 17.5 Å². The quantitative estimate of drug-likeness (QED) is 0.837. The highest BCUT2D eigenvalue weighted by molar-refractivity contribution is 6.39. The van der Waals surface area contributed by atoms with Crippen LogP contribution in [0.5, 0.6) is 0 Å². The molecule has 0 aromatic heterocycles. The lowest BCUT2D eigenvalue weighted by Crippen LogP contribution is -2.44. The average Bonchev–Trinajstić information content (AvgIpc) is 3.20. The van der Waals surface area contributed by atoms with Crippen molar-refractivity contribution < 1.29 is 14.0 Å². The molecular weight excluding hydrogens is 297 g/mol. The van der Waals surface area contributed by atoms with Crippen LogP contribution in [-0.2, 0) is 9.59 Å². The molecule has 2 aliphatic rings. The van der Waals surface area contributed by atoms with Crippen molar-refractivity contribution in [1.82, 2.24) is 10.2 Å². The molecule has 3 rings (SSSR count). The number of nitrogens with zero attached hydrogens (tertiary/aromatic N) is 1. The van der Waals surface area contributed by atoms with E-state index in [9.17, 15) is 14.0 Å². The standard InChI is InChI=1S/C17H22FN3O2/c18-14-7-3-4-8-15(14)20-17(23)16(22)19-12-9-10-21(11-12)13-5-1-2-6-13/h3-4,7-8,12-13H,1-2,5-6,9-11H2,(H,19,22)(H,20,23). The molecule has 2 amide bonds. The van der Waals surface area contributed by atoms with Gasteiger partial charge in [0.25, 0.3) is 0 Å². The van der Waals surface area contributed by atoms with Gasteiger partial charge in [-0.2, -0.15) is 0 Å². The van der Waals surface area contributed by atoms with Gasteiger partial charge in [-0.05, 0) is 31.4 Å². The monoisotopic (exact) mass is 319 g/mol. The summed E-state index contributed by atoms with van der Waals surface area (Å²) < 4.78 is 13.5. The molecule has 1 aromatic rings. The Morgan fingerprint density at radius 3 is 2.57 bits per heavy atom. The number of carbonyl (C=O) groups is 2. The van der Waals surface area contributed by atoms with E-state index in [1.165, 1.54) is 43.9 Å². The molecule has 124 valence electrons. The Morgan fingerprint density at radius 2 is 1.83 bits per heavy atom. The van der Waals surface area contributed by atoms with E-state index in [1.807, 2.05) is 0 Å². The molecule has 5 nitrogen and oxygen atoms in total. The van der Waals surface area contributed by atoms with Crippen molar-refractivity contribution in [2.24, 2.45) is 0 Å². The number of carbonyl (C=O) groups excluding carboxylic acids is 2. The van der Waals surface area contributed by atoms with Crippen molar-refractivity contribution in [2.75, 3.05) is 18.4 Å². The van der Waals surface area contributed by atoms with Crippen LogP contribution in [0.1, 0.15) is 32.1 Å². The summed E-state index contributed by atoms with van der Waals surface area (Å²) in [5.41, 5.74) is 0.0201. The van der Waals surface area contributed by atoms with Crippen LogP contribution < -0.4 is 10.6 Å². The average molecular weight is 319 g/mol. The second kappa shape index (κ2) is 7.08. The van der Waals surface area contributed by atoms with E-state index in [2.05, 4.69) is 15.5 Å². The summed E-state index contributed by atoms with van der Waals surface area (Å²) in [5, 5.41) is 5.07. The van der Waals surface area contributed by atoms with Crippen LogP contribution in [0.3, 0.4) is 0 Å². The van der Waals surface area contributed by atoms with Gasteiger partial charge in [0.2, 0.25) is 0 Å². The molecule has 0 bridgehead atoms. The first-order valence-corrected chi connectivity index (χ1v) is 8.24. The first-order chi connectivity index (χ1) is 11.1. The van der Waals surface area contributed by atoms with Gasteiger partial charge < -0.3 is 10.6 Å². The zero-order valence-corrected chi connectivity index (χ0v) is 13.1. The maximum atomic E-state index is 13.5. The van der Waals surface area contributed by atoms with Gasteiger partial charge in [-0.1, -0.05) is 25.0 Å². The predicted molar refractivity (Wildman–Crippen MR) is 85.4 cm³/mol. The molecule has 2 fully saturated rings. The molecular formula is C17H22FN3O2. The molecule has 1 aliphatic heterocycles. The molecule has 23 heavy (non-hydrogen) atoms. The molecule has 1 saturated heterocycles. The smallest absolute Gasteiger partial charge is 0.313 e. The van der Waals surface area contributed by atoms with Crippen LogP contribution in [0.2, 0.25) is 0 Å². The van der Waals surface area contributed by atoms with Crippen molar-refractivity contribution in [3.63, 3.8) is 0 Å². The van der Waals surface area contributed by atoms with E-state index >= 15 is 0 Å². The third-order valence-electron chi connectivity index (χ3n) is 4.72. The molecule has 0 spiro atoms. The molecule has 1 atom stereocenters. The van der Waals surface area contributed by atoms with Crippen LogP contribution in [0, 0.1) is 5.82 Å². The van der Waals surface area contributed by atoms with Crippen molar-refractivity contribution in [3.8, 4) is 0 Å². The van der Waals surface area contributed by atoms with Gasteiger partial charge in [-0.15, -0.1) is 0 Å². The fourth-order valence-corrected chi connectivity index (χ4v) is 3.50. The first kappa shape index (κ1) is 15.9. The second-order valence-corrected chi connectivity index (χ2v) is 6.33. The molecule has 1 aliphatic carbocycles. The van der Waals surface area contributed by atoms with Gasteiger partial charge in [-0.3, -0.25) is 14.5 Å². The van der Waals surface area contributed by atoms with E-state index in [1.54, 1.807) is 6.07 Å². The third kappa shape index (κ3) is 3.88. The largest absolute Gasteiger partial charge is 0.344 e. The normalized spacial score (nSPS) is 22.2. The van der Waals surface area contributed by atoms with E-state index in [0.717, 1.165) is 19.5 Å². The van der Waals surface area contributed by atoms with Crippen molar-refractivity contribution in [1.29, 1.82) is 0 Å². The lowest BCUT2D eigenvalue weighted by atomic mass is 10.2. The zero-order valence-electron chi connectivity index (χ0n) is 13.1. The summed E-state index contributed by atoms with van der Waals surface area (Å²) >= 11 is 0. The maximum Gasteiger partial charge on any atom is 0.313 e. The molecule has 1 heterocycles. The van der Waals surface area contributed by atoms with Crippen molar-refractivity contribution in [2.45, 2.75) is 44.2 Å². The van der Waals surface area contributed by atoms with Crippen LogP contribution >= 0.6 is 0 Å². The summed E-state index contributed by atoms with van der Waals surface area (Å²) in [5.74, 6) is -2.08. The van der Waals surface area contributed by atoms with E-state index < -0.39 is 17.6 Å². The Morgan fingerprint density at radius 1 is 1.09 bits per heavy atom. The minimum absolute atomic E-state index is 0.00512. The van der Waals surface area contributed by atoms with Gasteiger partial charge in [0, 0.05) is 25.2 Å². The molecule has 2 N–H and O–H groups in total. The molecule has 6 heteroatoms. The maximum absolute atomic E-state index is 13.5. The van der Waals surface area contributed by atoms with E-state index in [4.69, 9.17) is 0 Å². The minimum Gasteiger partial charge on any atom is -0.344 e. The van der Waals surface area contributed by atoms with Gasteiger partial charge in [0.05, 0.1) is 5.69 Å². The Hall–Kier alpha value is -1.95. The number of hydrogen-bond acceptors (Lipinski definition) is 3. The van der Waals surface area contributed by atoms with Gasteiger partial charge in [0.15, 0.2) is 0 Å². The Bertz CT molecular complexity index is 587. The highest BCUT2D eigenvalue weighted by Crippen LogP contribution is 2.26. The molecule has 1 aromatic carbocycles. The highest BCUT2D eigenvalue weighted by Gasteiger charge is 2.31. The zero-order chi connectivity index (χ0) is 16.2. The summed E-state index contributed by atoms with van der Waals surface area (Å²) in [7, 11) is 0. The SMILES string of the molecule is O=C(Nc1ccccc1F)C(=O)NC1CCN(C2CCCC2)C1. The number of anilines is 1. The fraction of sp³-hybridized carbons (Fsp3) is 0.529. The van der Waals surface area contributed by atoms with Crippen LogP contribution in [0.15, 0.2) is 24.3 Å². The number of para-hydroxylation sites is 1. The third-order valence-corrected chi connectivity index (χ3v) is 4.72. The summed E-state index contributed by atoms with van der Waals surface area (Å²) in [6.07, 6.45) is 5.88.